The number of rotatable bonds is 10. The molecule has 2 heterocycles. The van der Waals surface area contributed by atoms with E-state index in [1.165, 1.54) is 5.69 Å². The van der Waals surface area contributed by atoms with E-state index in [9.17, 15) is 9.59 Å². The summed E-state index contributed by atoms with van der Waals surface area (Å²) in [7, 11) is 0. The first kappa shape index (κ1) is 24.5. The van der Waals surface area contributed by atoms with Crippen molar-refractivity contribution in [2.24, 2.45) is 5.73 Å². The van der Waals surface area contributed by atoms with E-state index in [4.69, 9.17) is 16.2 Å². The van der Waals surface area contributed by atoms with Crippen molar-refractivity contribution in [2.45, 2.75) is 51.2 Å². The van der Waals surface area contributed by atoms with Crippen LogP contribution in [0.3, 0.4) is 0 Å². The van der Waals surface area contributed by atoms with Crippen molar-refractivity contribution in [3.05, 3.63) is 71.4 Å². The fourth-order valence-electron chi connectivity index (χ4n) is 5.15. The fraction of sp³-hybridized carbons (Fsp3) is 0.370. The van der Waals surface area contributed by atoms with Gasteiger partial charge in [0.05, 0.1) is 6.54 Å². The Balaban J connectivity index is 1.52. The highest BCUT2D eigenvalue weighted by Crippen LogP contribution is 2.28. The molecular formula is C27H33N5O3. The zero-order valence-electron chi connectivity index (χ0n) is 20.0. The molecule has 1 aliphatic rings. The summed E-state index contributed by atoms with van der Waals surface area (Å²) in [5, 5.41) is 21.0. The highest BCUT2D eigenvalue weighted by atomic mass is 16.4. The molecule has 35 heavy (non-hydrogen) atoms. The number of aryl methyl sites for hydroxylation is 2. The van der Waals surface area contributed by atoms with Gasteiger partial charge in [0, 0.05) is 35.9 Å². The molecule has 1 fully saturated rings. The second-order valence-electron chi connectivity index (χ2n) is 9.05. The van der Waals surface area contributed by atoms with Crippen LogP contribution in [0.1, 0.15) is 49.0 Å². The van der Waals surface area contributed by atoms with Gasteiger partial charge >= 0.3 is 5.97 Å². The van der Waals surface area contributed by atoms with Crippen molar-refractivity contribution in [3.63, 3.8) is 0 Å². The van der Waals surface area contributed by atoms with Crippen LogP contribution in [0.25, 0.3) is 10.9 Å². The number of hydrogen-bond donors (Lipinski definition) is 4. The molecule has 4 rings (SSSR count). The maximum atomic E-state index is 13.6. The van der Waals surface area contributed by atoms with E-state index in [1.54, 1.807) is 0 Å². The average molecular weight is 476 g/mol. The zero-order chi connectivity index (χ0) is 24.9. The first-order chi connectivity index (χ1) is 16.9. The molecule has 1 amide bonds. The first-order valence-electron chi connectivity index (χ1n) is 12.2. The molecule has 1 aliphatic heterocycles. The van der Waals surface area contributed by atoms with E-state index in [1.807, 2.05) is 53.4 Å². The summed E-state index contributed by atoms with van der Waals surface area (Å²) in [6.45, 7) is 3.32. The Morgan fingerprint density at radius 1 is 1.20 bits per heavy atom. The molecular weight excluding hydrogens is 442 g/mol. The van der Waals surface area contributed by atoms with Crippen LogP contribution in [-0.4, -0.2) is 51.4 Å². The third-order valence-electron chi connectivity index (χ3n) is 6.85. The number of carboxylic acid groups (broad SMARTS) is 1. The van der Waals surface area contributed by atoms with Crippen LogP contribution >= 0.6 is 0 Å². The predicted octanol–water partition coefficient (Wildman–Crippen LogP) is 3.28. The zero-order valence-corrected chi connectivity index (χ0v) is 20.0. The number of amides is 1. The molecule has 0 aliphatic carbocycles. The topological polar surface area (TPSA) is 124 Å². The Morgan fingerprint density at radius 2 is 1.97 bits per heavy atom. The largest absolute Gasteiger partial charge is 0.480 e. The summed E-state index contributed by atoms with van der Waals surface area (Å²) in [5.74, 6) is -0.999. The standard InChI is InChI=1S/C27H33N5O3/c1-2-31-22(15-19-10-11-20(26(28)29)16-23(19)31)13-12-21-9-6-14-32(21)27(35)25(30-17-24(33)34)18-7-4-3-5-8-18/h3-5,7-8,10-11,15-16,21,25,30H,2,6,9,12-14,17H2,1H3,(H3,28,29)(H,33,34)/t21-,25+/m0/s1. The van der Waals surface area contributed by atoms with Crippen LogP contribution in [0.2, 0.25) is 0 Å². The summed E-state index contributed by atoms with van der Waals surface area (Å²) in [5.41, 5.74) is 9.45. The second kappa shape index (κ2) is 10.7. The van der Waals surface area contributed by atoms with Gasteiger partial charge < -0.3 is 20.3 Å². The molecule has 5 N–H and O–H groups in total. The maximum absolute atomic E-state index is 13.6. The third-order valence-corrected chi connectivity index (χ3v) is 6.85. The molecule has 0 spiro atoms. The van der Waals surface area contributed by atoms with E-state index in [0.717, 1.165) is 48.7 Å². The van der Waals surface area contributed by atoms with Gasteiger partial charge in [-0.1, -0.05) is 42.5 Å². The quantitative estimate of drug-likeness (QED) is 0.265. The number of carbonyl (C=O) groups excluding carboxylic acids is 1. The normalized spacial score (nSPS) is 16.5. The molecule has 184 valence electrons. The van der Waals surface area contributed by atoms with Crippen molar-refractivity contribution in [1.29, 1.82) is 5.41 Å². The van der Waals surface area contributed by atoms with Crippen LogP contribution in [0, 0.1) is 5.41 Å². The summed E-state index contributed by atoms with van der Waals surface area (Å²) in [6, 6.07) is 16.8. The van der Waals surface area contributed by atoms with Gasteiger partial charge in [0.2, 0.25) is 5.91 Å². The van der Waals surface area contributed by atoms with E-state index >= 15 is 0 Å². The number of nitrogens with zero attached hydrogens (tertiary/aromatic N) is 2. The molecule has 0 unspecified atom stereocenters. The van der Waals surface area contributed by atoms with Crippen LogP contribution < -0.4 is 11.1 Å². The van der Waals surface area contributed by atoms with Crippen LogP contribution in [0.4, 0.5) is 0 Å². The van der Waals surface area contributed by atoms with Crippen molar-refractivity contribution < 1.29 is 14.7 Å². The highest BCUT2D eigenvalue weighted by Gasteiger charge is 2.34. The summed E-state index contributed by atoms with van der Waals surface area (Å²) in [4.78, 5) is 26.7. The predicted molar refractivity (Wildman–Crippen MR) is 137 cm³/mol. The molecule has 3 aromatic rings. The van der Waals surface area contributed by atoms with Crippen molar-refractivity contribution in [1.82, 2.24) is 14.8 Å². The minimum Gasteiger partial charge on any atom is -0.480 e. The number of benzene rings is 2. The highest BCUT2D eigenvalue weighted by molar-refractivity contribution is 5.98. The third kappa shape index (κ3) is 5.38. The fourth-order valence-corrected chi connectivity index (χ4v) is 5.15. The number of carbonyl (C=O) groups is 2. The van der Waals surface area contributed by atoms with Crippen LogP contribution in [0.15, 0.2) is 54.6 Å². The molecule has 0 radical (unpaired) electrons. The number of hydrogen-bond acceptors (Lipinski definition) is 4. The van der Waals surface area contributed by atoms with Gasteiger partial charge in [-0.15, -0.1) is 0 Å². The molecule has 8 nitrogen and oxygen atoms in total. The van der Waals surface area contributed by atoms with Gasteiger partial charge in [-0.05, 0) is 55.7 Å². The number of fused-ring (bicyclic) bond motifs is 1. The number of carboxylic acids is 1. The first-order valence-corrected chi connectivity index (χ1v) is 12.2. The van der Waals surface area contributed by atoms with E-state index in [0.29, 0.717) is 12.1 Å². The van der Waals surface area contributed by atoms with E-state index in [2.05, 4.69) is 22.9 Å². The van der Waals surface area contributed by atoms with Crippen LogP contribution in [0.5, 0.6) is 0 Å². The van der Waals surface area contributed by atoms with Gasteiger partial charge in [0.25, 0.3) is 0 Å². The number of likely N-dealkylation sites (tertiary alicyclic amines) is 1. The van der Waals surface area contributed by atoms with Crippen molar-refractivity contribution >= 4 is 28.6 Å². The van der Waals surface area contributed by atoms with E-state index in [-0.39, 0.29) is 24.3 Å². The average Bonchev–Trinajstić information content (AvgIpc) is 3.46. The van der Waals surface area contributed by atoms with Gasteiger partial charge in [-0.3, -0.25) is 20.3 Å². The number of amidine groups is 1. The number of nitrogen functional groups attached to an aromatic ring is 1. The lowest BCUT2D eigenvalue weighted by molar-refractivity contribution is -0.137. The molecule has 2 atom stereocenters. The van der Waals surface area contributed by atoms with Gasteiger partial charge in [-0.2, -0.15) is 0 Å². The lowest BCUT2D eigenvalue weighted by Gasteiger charge is -2.29. The lowest BCUT2D eigenvalue weighted by Crippen LogP contribution is -2.44. The second-order valence-corrected chi connectivity index (χ2v) is 9.05. The monoisotopic (exact) mass is 475 g/mol. The van der Waals surface area contributed by atoms with E-state index < -0.39 is 12.0 Å². The lowest BCUT2D eigenvalue weighted by atomic mass is 10.0. The molecule has 2 aromatic carbocycles. The number of aliphatic carboxylic acids is 1. The Hall–Kier alpha value is -3.65. The van der Waals surface area contributed by atoms with Crippen molar-refractivity contribution in [3.8, 4) is 0 Å². The molecule has 1 aromatic heterocycles. The number of aromatic nitrogens is 1. The SMILES string of the molecule is CCn1c(CC[C@@H]2CCCN2C(=O)[C@H](NCC(=O)O)c2ccccc2)cc2ccc(C(=N)N)cc21. The maximum Gasteiger partial charge on any atom is 0.317 e. The Labute approximate surface area is 205 Å². The summed E-state index contributed by atoms with van der Waals surface area (Å²) >= 11 is 0. The molecule has 8 heteroatoms. The Kier molecular flexibility index (Phi) is 7.51. The minimum absolute atomic E-state index is 0.0573. The van der Waals surface area contributed by atoms with Gasteiger partial charge in [-0.25, -0.2) is 0 Å². The molecule has 0 bridgehead atoms. The molecule has 0 saturated carbocycles. The number of nitrogens with one attached hydrogen (secondary N) is 2. The van der Waals surface area contributed by atoms with Crippen molar-refractivity contribution in [2.75, 3.05) is 13.1 Å². The smallest absolute Gasteiger partial charge is 0.317 e. The minimum atomic E-state index is -0.989. The molecule has 1 saturated heterocycles. The van der Waals surface area contributed by atoms with Crippen LogP contribution in [-0.2, 0) is 22.6 Å². The van der Waals surface area contributed by atoms with Gasteiger partial charge in [0.15, 0.2) is 0 Å². The summed E-state index contributed by atoms with van der Waals surface area (Å²) in [6.07, 6.45) is 3.54. The summed E-state index contributed by atoms with van der Waals surface area (Å²) < 4.78 is 2.25. The number of nitrogens with two attached hydrogens (primary N) is 1. The Bertz CT molecular complexity index is 1220. The van der Waals surface area contributed by atoms with Gasteiger partial charge in [0.1, 0.15) is 11.9 Å². The Morgan fingerprint density at radius 3 is 2.66 bits per heavy atom.